The fourth-order valence-corrected chi connectivity index (χ4v) is 6.46. The summed E-state index contributed by atoms with van der Waals surface area (Å²) < 4.78 is 11.2. The summed E-state index contributed by atoms with van der Waals surface area (Å²) in [6.07, 6.45) is 8.07. The van der Waals surface area contributed by atoms with E-state index in [0.29, 0.717) is 16.9 Å². The first-order chi connectivity index (χ1) is 14.0. The molecule has 2 aromatic rings. The molecule has 154 valence electrons. The van der Waals surface area contributed by atoms with Crippen molar-refractivity contribution in [2.45, 2.75) is 59.0 Å². The van der Waals surface area contributed by atoms with E-state index in [-0.39, 0.29) is 12.5 Å². The van der Waals surface area contributed by atoms with E-state index in [1.54, 1.807) is 0 Å². The van der Waals surface area contributed by atoms with Gasteiger partial charge in [-0.15, -0.1) is 0 Å². The van der Waals surface area contributed by atoms with Gasteiger partial charge in [-0.25, -0.2) is 0 Å². The predicted molar refractivity (Wildman–Crippen MR) is 110 cm³/mol. The van der Waals surface area contributed by atoms with Crippen molar-refractivity contribution in [3.05, 3.63) is 46.8 Å². The van der Waals surface area contributed by atoms with E-state index < -0.39 is 0 Å². The highest BCUT2D eigenvalue weighted by atomic mass is 16.5. The molecule has 1 N–H and O–H groups in total. The zero-order valence-corrected chi connectivity index (χ0v) is 17.4. The molecule has 5 heteroatoms. The van der Waals surface area contributed by atoms with Crippen molar-refractivity contribution >= 4 is 5.91 Å². The maximum atomic E-state index is 12.9. The molecule has 4 aliphatic carbocycles. The van der Waals surface area contributed by atoms with Crippen molar-refractivity contribution in [1.82, 2.24) is 10.5 Å². The second-order valence-electron chi connectivity index (χ2n) is 9.77. The van der Waals surface area contributed by atoms with Crippen molar-refractivity contribution in [3.63, 3.8) is 0 Å². The first kappa shape index (κ1) is 18.7. The van der Waals surface area contributed by atoms with Crippen molar-refractivity contribution in [2.24, 2.45) is 23.2 Å². The zero-order chi connectivity index (χ0) is 20.0. The number of rotatable bonds is 6. The SMILES string of the molecule is Cc1cccc(OCc2c(C(=O)NCC34CC5CC(CC(C5)C3)C4)noc2C)c1. The standard InChI is InChI=1S/C24H30N2O3/c1-15-4-3-5-20(6-15)28-13-21-16(2)29-26-22(21)23(27)25-14-24-10-17-7-18(11-24)9-19(8-17)12-24/h3-6,17-19H,7-14H2,1-2H3,(H,25,27). The highest BCUT2D eigenvalue weighted by molar-refractivity contribution is 5.93. The monoisotopic (exact) mass is 394 g/mol. The Morgan fingerprint density at radius 3 is 2.52 bits per heavy atom. The molecule has 4 bridgehead atoms. The van der Waals surface area contributed by atoms with Crippen molar-refractivity contribution < 1.29 is 14.1 Å². The minimum absolute atomic E-state index is 0.138. The molecular formula is C24H30N2O3. The number of nitrogens with zero attached hydrogens (tertiary/aromatic N) is 1. The fourth-order valence-electron chi connectivity index (χ4n) is 6.46. The van der Waals surface area contributed by atoms with Gasteiger partial charge in [-0.3, -0.25) is 4.79 Å². The summed E-state index contributed by atoms with van der Waals surface area (Å²) in [7, 11) is 0. The highest BCUT2D eigenvalue weighted by Crippen LogP contribution is 2.59. The first-order valence-electron chi connectivity index (χ1n) is 10.9. The average Bonchev–Trinajstić information content (AvgIpc) is 3.04. The summed E-state index contributed by atoms with van der Waals surface area (Å²) in [6, 6.07) is 7.89. The second kappa shape index (κ2) is 7.19. The van der Waals surface area contributed by atoms with E-state index in [4.69, 9.17) is 9.26 Å². The van der Waals surface area contributed by atoms with Crippen molar-refractivity contribution in [3.8, 4) is 5.75 Å². The summed E-state index contributed by atoms with van der Waals surface area (Å²) in [4.78, 5) is 12.9. The normalized spacial score (nSPS) is 29.8. The van der Waals surface area contributed by atoms with Crippen LogP contribution < -0.4 is 10.1 Å². The molecule has 0 aliphatic heterocycles. The Hall–Kier alpha value is -2.30. The first-order valence-corrected chi connectivity index (χ1v) is 10.9. The molecule has 0 atom stereocenters. The predicted octanol–water partition coefficient (Wildman–Crippen LogP) is 4.82. The number of nitrogens with one attached hydrogen (secondary N) is 1. The third-order valence-electron chi connectivity index (χ3n) is 7.36. The molecule has 0 spiro atoms. The van der Waals surface area contributed by atoms with Gasteiger partial charge in [0.15, 0.2) is 5.69 Å². The molecule has 4 aliphatic rings. The molecule has 1 heterocycles. The fraction of sp³-hybridized carbons (Fsp3) is 0.583. The van der Waals surface area contributed by atoms with Gasteiger partial charge in [-0.05, 0) is 93.2 Å². The van der Waals surface area contributed by atoms with Crippen LogP contribution in [0.1, 0.15) is 65.9 Å². The number of carbonyl (C=O) groups excluding carboxylic acids is 1. The molecule has 1 aromatic heterocycles. The zero-order valence-electron chi connectivity index (χ0n) is 17.4. The van der Waals surface area contributed by atoms with Gasteiger partial charge in [0.1, 0.15) is 18.1 Å². The van der Waals surface area contributed by atoms with Crippen molar-refractivity contribution in [1.29, 1.82) is 0 Å². The Balaban J connectivity index is 1.25. The Labute approximate surface area is 172 Å². The van der Waals surface area contributed by atoms with Gasteiger partial charge >= 0.3 is 0 Å². The van der Waals surface area contributed by atoms with Crippen molar-refractivity contribution in [2.75, 3.05) is 6.54 Å². The topological polar surface area (TPSA) is 64.4 Å². The number of amides is 1. The molecular weight excluding hydrogens is 364 g/mol. The molecule has 4 fully saturated rings. The minimum atomic E-state index is -0.138. The third kappa shape index (κ3) is 3.67. The Bertz CT molecular complexity index is 881. The van der Waals surface area contributed by atoms with E-state index in [0.717, 1.165) is 41.2 Å². The molecule has 5 nitrogen and oxygen atoms in total. The summed E-state index contributed by atoms with van der Waals surface area (Å²) in [5, 5.41) is 7.24. The number of benzene rings is 1. The van der Waals surface area contributed by atoms with E-state index in [1.807, 2.05) is 38.1 Å². The van der Waals surface area contributed by atoms with Gasteiger partial charge in [0.25, 0.3) is 5.91 Å². The summed E-state index contributed by atoms with van der Waals surface area (Å²) >= 11 is 0. The van der Waals surface area contributed by atoms with E-state index in [9.17, 15) is 4.79 Å². The van der Waals surface area contributed by atoms with Crippen LogP contribution in [0.5, 0.6) is 5.75 Å². The quantitative estimate of drug-likeness (QED) is 0.763. The number of ether oxygens (including phenoxy) is 1. The van der Waals surface area contributed by atoms with E-state index in [1.165, 1.54) is 38.5 Å². The lowest BCUT2D eigenvalue weighted by atomic mass is 9.49. The maximum absolute atomic E-state index is 12.9. The average molecular weight is 395 g/mol. The molecule has 1 amide bonds. The molecule has 29 heavy (non-hydrogen) atoms. The smallest absolute Gasteiger partial charge is 0.273 e. The van der Waals surface area contributed by atoms with Gasteiger partial charge in [0, 0.05) is 6.54 Å². The van der Waals surface area contributed by atoms with E-state index in [2.05, 4.69) is 10.5 Å². The summed E-state index contributed by atoms with van der Waals surface area (Å²) in [6.45, 7) is 4.90. The number of aryl methyl sites for hydroxylation is 2. The van der Waals surface area contributed by atoms with Gasteiger partial charge < -0.3 is 14.6 Å². The highest BCUT2D eigenvalue weighted by Gasteiger charge is 2.50. The van der Waals surface area contributed by atoms with Crippen LogP contribution in [0.15, 0.2) is 28.8 Å². The van der Waals surface area contributed by atoms with Crippen LogP contribution in [-0.4, -0.2) is 17.6 Å². The Morgan fingerprint density at radius 2 is 1.86 bits per heavy atom. The second-order valence-corrected chi connectivity index (χ2v) is 9.77. The number of aromatic nitrogens is 1. The van der Waals surface area contributed by atoms with Crippen LogP contribution in [-0.2, 0) is 6.61 Å². The molecule has 0 unspecified atom stereocenters. The lowest BCUT2D eigenvalue weighted by molar-refractivity contribution is -0.0503. The largest absolute Gasteiger partial charge is 0.489 e. The summed E-state index contributed by atoms with van der Waals surface area (Å²) in [5.41, 5.74) is 2.54. The number of hydrogen-bond acceptors (Lipinski definition) is 4. The number of hydrogen-bond donors (Lipinski definition) is 1. The minimum Gasteiger partial charge on any atom is -0.489 e. The van der Waals surface area contributed by atoms with Crippen LogP contribution in [0.2, 0.25) is 0 Å². The van der Waals surface area contributed by atoms with Crippen LogP contribution in [0.3, 0.4) is 0 Å². The maximum Gasteiger partial charge on any atom is 0.273 e. The van der Waals surface area contributed by atoms with Gasteiger partial charge in [0.05, 0.1) is 5.56 Å². The molecule has 0 saturated heterocycles. The van der Waals surface area contributed by atoms with Gasteiger partial charge in [-0.2, -0.15) is 0 Å². The van der Waals surface area contributed by atoms with E-state index >= 15 is 0 Å². The van der Waals surface area contributed by atoms with Gasteiger partial charge in [0.2, 0.25) is 0 Å². The molecule has 4 saturated carbocycles. The van der Waals surface area contributed by atoms with Crippen LogP contribution in [0.25, 0.3) is 0 Å². The molecule has 6 rings (SSSR count). The Kier molecular flexibility index (Phi) is 4.64. The molecule has 0 radical (unpaired) electrons. The van der Waals surface area contributed by atoms with Crippen LogP contribution in [0.4, 0.5) is 0 Å². The van der Waals surface area contributed by atoms with Crippen LogP contribution >= 0.6 is 0 Å². The number of carbonyl (C=O) groups is 1. The molecule has 1 aromatic carbocycles. The summed E-state index contributed by atoms with van der Waals surface area (Å²) in [5.74, 6) is 3.92. The Morgan fingerprint density at radius 1 is 1.17 bits per heavy atom. The third-order valence-corrected chi connectivity index (χ3v) is 7.36. The lowest BCUT2D eigenvalue weighted by Gasteiger charge is -2.56. The van der Waals surface area contributed by atoms with Gasteiger partial charge in [-0.1, -0.05) is 17.3 Å². The van der Waals surface area contributed by atoms with Crippen LogP contribution in [0, 0.1) is 37.0 Å². The lowest BCUT2D eigenvalue weighted by Crippen LogP contribution is -2.51.